The van der Waals surface area contributed by atoms with E-state index in [1.807, 2.05) is 30.8 Å². The summed E-state index contributed by atoms with van der Waals surface area (Å²) in [7, 11) is 0. The summed E-state index contributed by atoms with van der Waals surface area (Å²) in [6.07, 6.45) is 6.72. The van der Waals surface area contributed by atoms with Crippen molar-refractivity contribution in [3.8, 4) is 0 Å². The van der Waals surface area contributed by atoms with Crippen molar-refractivity contribution in [2.75, 3.05) is 12.0 Å². The van der Waals surface area contributed by atoms with Gasteiger partial charge in [-0.1, -0.05) is 6.07 Å². The molecule has 1 aromatic carbocycles. The lowest BCUT2D eigenvalue weighted by Crippen LogP contribution is -2.38. The molecule has 0 spiro atoms. The van der Waals surface area contributed by atoms with Crippen molar-refractivity contribution in [3.05, 3.63) is 29.3 Å². The number of benzene rings is 1. The topological polar surface area (TPSA) is 55.1 Å². The highest BCUT2D eigenvalue weighted by atomic mass is 32.2. The third kappa shape index (κ3) is 3.66. The van der Waals surface area contributed by atoms with Gasteiger partial charge in [0.05, 0.1) is 0 Å². The quantitative estimate of drug-likeness (QED) is 0.836. The number of nitrogen functional groups attached to an aromatic ring is 1. The Balaban J connectivity index is 1.96. The summed E-state index contributed by atoms with van der Waals surface area (Å²) in [5, 5.41) is 3.91. The Morgan fingerprint density at radius 3 is 2.63 bits per heavy atom. The summed E-state index contributed by atoms with van der Waals surface area (Å²) < 4.78 is 0. The number of hydrogen-bond donors (Lipinski definition) is 2. The van der Waals surface area contributed by atoms with E-state index in [-0.39, 0.29) is 5.91 Å². The number of hydrogen-bond acceptors (Lipinski definition) is 3. The van der Waals surface area contributed by atoms with Crippen LogP contribution in [0.2, 0.25) is 0 Å². The first kappa shape index (κ1) is 14.3. The molecule has 1 aliphatic rings. The molecular weight excluding hydrogens is 256 g/mol. The average molecular weight is 278 g/mol. The van der Waals surface area contributed by atoms with Gasteiger partial charge in [0.25, 0.3) is 5.91 Å². The summed E-state index contributed by atoms with van der Waals surface area (Å²) in [5.41, 5.74) is 8.07. The number of carbonyl (C=O) groups is 1. The Bertz CT molecular complexity index is 453. The van der Waals surface area contributed by atoms with Gasteiger partial charge in [0.15, 0.2) is 0 Å². The third-order valence-corrected chi connectivity index (χ3v) is 4.99. The van der Waals surface area contributed by atoms with Crippen LogP contribution in [0.5, 0.6) is 0 Å². The zero-order chi connectivity index (χ0) is 13.8. The highest BCUT2D eigenvalue weighted by molar-refractivity contribution is 7.99. The third-order valence-electron chi connectivity index (χ3n) is 3.85. The van der Waals surface area contributed by atoms with Crippen molar-refractivity contribution in [1.82, 2.24) is 5.32 Å². The number of carbonyl (C=O) groups excluding carboxylic acids is 1. The lowest BCUT2D eigenvalue weighted by molar-refractivity contribution is 0.0927. The Labute approximate surface area is 119 Å². The van der Waals surface area contributed by atoms with Crippen molar-refractivity contribution < 1.29 is 4.79 Å². The molecule has 3 nitrogen and oxygen atoms in total. The van der Waals surface area contributed by atoms with Crippen LogP contribution < -0.4 is 11.1 Å². The second-order valence-corrected chi connectivity index (χ2v) is 6.40. The van der Waals surface area contributed by atoms with E-state index in [1.54, 1.807) is 6.07 Å². The number of amides is 1. The first-order chi connectivity index (χ1) is 9.10. The van der Waals surface area contributed by atoms with Crippen molar-refractivity contribution in [3.63, 3.8) is 0 Å². The Morgan fingerprint density at radius 1 is 1.32 bits per heavy atom. The largest absolute Gasteiger partial charge is 0.399 e. The number of rotatable bonds is 3. The standard InChI is InChI=1S/C15H22N2OS/c1-10-3-4-11(16)9-14(10)15(18)17-12-5-7-13(19-2)8-6-12/h3-4,9,12-13H,5-8,16H2,1-2H3,(H,17,18). The zero-order valence-corrected chi connectivity index (χ0v) is 12.4. The summed E-state index contributed by atoms with van der Waals surface area (Å²) in [4.78, 5) is 12.3. The van der Waals surface area contributed by atoms with Crippen LogP contribution in [0.1, 0.15) is 41.6 Å². The van der Waals surface area contributed by atoms with Crippen LogP contribution in [0, 0.1) is 6.92 Å². The predicted octanol–water partition coefficient (Wildman–Crippen LogP) is 2.98. The van der Waals surface area contributed by atoms with Crippen LogP contribution >= 0.6 is 11.8 Å². The van der Waals surface area contributed by atoms with Gasteiger partial charge in [-0.15, -0.1) is 0 Å². The van der Waals surface area contributed by atoms with E-state index < -0.39 is 0 Å². The molecule has 2 rings (SSSR count). The molecule has 0 saturated heterocycles. The predicted molar refractivity (Wildman–Crippen MR) is 82.6 cm³/mol. The van der Waals surface area contributed by atoms with Gasteiger partial charge < -0.3 is 11.1 Å². The first-order valence-electron chi connectivity index (χ1n) is 6.80. The molecule has 1 saturated carbocycles. The number of thioether (sulfide) groups is 1. The molecule has 4 heteroatoms. The van der Waals surface area contributed by atoms with Gasteiger partial charge in [-0.25, -0.2) is 0 Å². The summed E-state index contributed by atoms with van der Waals surface area (Å²) in [5.74, 6) is 0.0115. The van der Waals surface area contributed by atoms with Crippen molar-refractivity contribution in [2.24, 2.45) is 0 Å². The lowest BCUT2D eigenvalue weighted by Gasteiger charge is -2.28. The second-order valence-electron chi connectivity index (χ2n) is 5.26. The molecule has 104 valence electrons. The number of nitrogens with two attached hydrogens (primary N) is 1. The maximum absolute atomic E-state index is 12.3. The van der Waals surface area contributed by atoms with E-state index in [9.17, 15) is 4.79 Å². The minimum Gasteiger partial charge on any atom is -0.399 e. The summed E-state index contributed by atoms with van der Waals surface area (Å²) in [6.45, 7) is 1.94. The molecule has 0 bridgehead atoms. The molecule has 1 amide bonds. The fourth-order valence-corrected chi connectivity index (χ4v) is 3.33. The van der Waals surface area contributed by atoms with Crippen LogP contribution in [0.4, 0.5) is 5.69 Å². The molecular formula is C15H22N2OS. The van der Waals surface area contributed by atoms with Crippen LogP contribution in [-0.2, 0) is 0 Å². The highest BCUT2D eigenvalue weighted by Crippen LogP contribution is 2.27. The minimum atomic E-state index is 0.0115. The molecule has 0 aliphatic heterocycles. The van der Waals surface area contributed by atoms with Crippen LogP contribution in [-0.4, -0.2) is 23.5 Å². The van der Waals surface area contributed by atoms with Gasteiger partial charge in [-0.05, 0) is 56.6 Å². The monoisotopic (exact) mass is 278 g/mol. The molecule has 1 fully saturated rings. The fourth-order valence-electron chi connectivity index (χ4n) is 2.59. The molecule has 1 aliphatic carbocycles. The van der Waals surface area contributed by atoms with E-state index in [2.05, 4.69) is 11.6 Å². The Kier molecular flexibility index (Phi) is 4.75. The van der Waals surface area contributed by atoms with Crippen molar-refractivity contribution in [1.29, 1.82) is 0 Å². The van der Waals surface area contributed by atoms with E-state index >= 15 is 0 Å². The Morgan fingerprint density at radius 2 is 2.00 bits per heavy atom. The van der Waals surface area contributed by atoms with E-state index in [0.29, 0.717) is 17.3 Å². The van der Waals surface area contributed by atoms with Gasteiger partial charge in [0.2, 0.25) is 0 Å². The molecule has 0 aromatic heterocycles. The molecule has 1 aromatic rings. The molecule has 3 N–H and O–H groups in total. The minimum absolute atomic E-state index is 0.0115. The van der Waals surface area contributed by atoms with Crippen LogP contribution in [0.15, 0.2) is 18.2 Å². The van der Waals surface area contributed by atoms with E-state index in [0.717, 1.165) is 23.7 Å². The van der Waals surface area contributed by atoms with Gasteiger partial charge in [0, 0.05) is 22.5 Å². The normalized spacial score (nSPS) is 23.1. The number of aryl methyl sites for hydroxylation is 1. The molecule has 0 radical (unpaired) electrons. The maximum Gasteiger partial charge on any atom is 0.251 e. The maximum atomic E-state index is 12.3. The number of anilines is 1. The summed E-state index contributed by atoms with van der Waals surface area (Å²) >= 11 is 1.94. The molecule has 0 unspecified atom stereocenters. The summed E-state index contributed by atoms with van der Waals surface area (Å²) in [6, 6.07) is 5.81. The Hall–Kier alpha value is -1.16. The van der Waals surface area contributed by atoms with E-state index in [1.165, 1.54) is 12.8 Å². The van der Waals surface area contributed by atoms with Crippen LogP contribution in [0.25, 0.3) is 0 Å². The first-order valence-corrected chi connectivity index (χ1v) is 8.08. The smallest absolute Gasteiger partial charge is 0.251 e. The molecule has 0 atom stereocenters. The van der Waals surface area contributed by atoms with Gasteiger partial charge in [-0.3, -0.25) is 4.79 Å². The van der Waals surface area contributed by atoms with Gasteiger partial charge >= 0.3 is 0 Å². The van der Waals surface area contributed by atoms with Gasteiger partial charge in [0.1, 0.15) is 0 Å². The fraction of sp³-hybridized carbons (Fsp3) is 0.533. The average Bonchev–Trinajstić information content (AvgIpc) is 2.42. The van der Waals surface area contributed by atoms with Crippen molar-refractivity contribution >= 4 is 23.4 Å². The SMILES string of the molecule is CSC1CCC(NC(=O)c2cc(N)ccc2C)CC1. The van der Waals surface area contributed by atoms with Gasteiger partial charge in [-0.2, -0.15) is 11.8 Å². The van der Waals surface area contributed by atoms with E-state index in [4.69, 9.17) is 5.73 Å². The molecule has 0 heterocycles. The van der Waals surface area contributed by atoms with Crippen molar-refractivity contribution in [2.45, 2.75) is 43.9 Å². The zero-order valence-electron chi connectivity index (χ0n) is 11.6. The molecule has 19 heavy (non-hydrogen) atoms. The van der Waals surface area contributed by atoms with Crippen LogP contribution in [0.3, 0.4) is 0 Å². The lowest BCUT2D eigenvalue weighted by atomic mass is 9.94. The number of nitrogens with one attached hydrogen (secondary N) is 1. The second kappa shape index (κ2) is 6.33. The highest BCUT2D eigenvalue weighted by Gasteiger charge is 2.22.